The average molecular weight is 169 g/mol. The van der Waals surface area contributed by atoms with E-state index in [1.54, 1.807) is 6.20 Å². The van der Waals surface area contributed by atoms with Crippen LogP contribution in [0.3, 0.4) is 0 Å². The zero-order chi connectivity index (χ0) is 8.93. The van der Waals surface area contributed by atoms with Crippen molar-refractivity contribution in [1.29, 1.82) is 0 Å². The van der Waals surface area contributed by atoms with E-state index in [0.29, 0.717) is 6.42 Å². The van der Waals surface area contributed by atoms with Crippen molar-refractivity contribution < 1.29 is 15.0 Å². The highest BCUT2D eigenvalue weighted by atomic mass is 16.4. The number of carbonyl (C=O) groups excluding carboxylic acids is 1. The summed E-state index contributed by atoms with van der Waals surface area (Å²) in [6.07, 6.45) is 3.12. The van der Waals surface area contributed by atoms with Crippen molar-refractivity contribution in [3.63, 3.8) is 0 Å². The summed E-state index contributed by atoms with van der Waals surface area (Å²) in [6, 6.07) is -0.245. The Morgan fingerprint density at radius 2 is 2.50 bits per heavy atom. The first-order chi connectivity index (χ1) is 5.58. The topological polar surface area (TPSA) is 60.8 Å². The summed E-state index contributed by atoms with van der Waals surface area (Å²) in [4.78, 5) is 12.7. The van der Waals surface area contributed by atoms with Gasteiger partial charge in [-0.05, 0) is 13.3 Å². The van der Waals surface area contributed by atoms with Crippen LogP contribution in [0.5, 0.6) is 0 Å². The minimum atomic E-state index is -1.54. The third-order valence-corrected chi connectivity index (χ3v) is 2.68. The molecule has 0 saturated carbocycles. The predicted octanol–water partition coefficient (Wildman–Crippen LogP) is -0.774. The standard InChI is InChI=1S/C8H11NO3/c1-5(10)8(12)6-3-2-4-9(6)7(8)11/h2,4-6,10,12H,3H2,1H3/t5?,6-,8?/m1/s1. The maximum Gasteiger partial charge on any atom is 0.263 e. The molecule has 0 aromatic carbocycles. The van der Waals surface area contributed by atoms with Crippen LogP contribution in [-0.4, -0.2) is 38.8 Å². The predicted molar refractivity (Wildman–Crippen MR) is 41.0 cm³/mol. The first-order valence-electron chi connectivity index (χ1n) is 3.98. The molecule has 0 bridgehead atoms. The summed E-state index contributed by atoms with van der Waals surface area (Å²) in [5.41, 5.74) is -1.54. The van der Waals surface area contributed by atoms with Crippen LogP contribution in [0.4, 0.5) is 0 Å². The minimum Gasteiger partial charge on any atom is -0.390 e. The molecule has 4 nitrogen and oxygen atoms in total. The maximum atomic E-state index is 11.3. The molecule has 2 unspecified atom stereocenters. The molecule has 2 aliphatic rings. The molecule has 3 atom stereocenters. The normalized spacial score (nSPS) is 41.1. The summed E-state index contributed by atoms with van der Waals surface area (Å²) in [5, 5.41) is 19.0. The lowest BCUT2D eigenvalue weighted by molar-refractivity contribution is -0.201. The van der Waals surface area contributed by atoms with Crippen LogP contribution >= 0.6 is 0 Å². The van der Waals surface area contributed by atoms with Crippen LogP contribution in [0.2, 0.25) is 0 Å². The van der Waals surface area contributed by atoms with Gasteiger partial charge in [0.25, 0.3) is 5.91 Å². The van der Waals surface area contributed by atoms with E-state index in [1.807, 2.05) is 6.08 Å². The third-order valence-electron chi connectivity index (χ3n) is 2.68. The monoisotopic (exact) mass is 169 g/mol. The Morgan fingerprint density at radius 3 is 3.08 bits per heavy atom. The second-order valence-corrected chi connectivity index (χ2v) is 3.35. The largest absolute Gasteiger partial charge is 0.390 e. The number of rotatable bonds is 1. The molecule has 1 saturated heterocycles. The van der Waals surface area contributed by atoms with Crippen molar-refractivity contribution in [2.24, 2.45) is 0 Å². The molecule has 0 aromatic heterocycles. The molecule has 12 heavy (non-hydrogen) atoms. The van der Waals surface area contributed by atoms with Crippen LogP contribution < -0.4 is 0 Å². The third kappa shape index (κ3) is 0.623. The Morgan fingerprint density at radius 1 is 1.83 bits per heavy atom. The van der Waals surface area contributed by atoms with Crippen LogP contribution in [0.15, 0.2) is 12.3 Å². The zero-order valence-electron chi connectivity index (χ0n) is 6.77. The Bertz CT molecular complexity index is 261. The fourth-order valence-corrected chi connectivity index (χ4v) is 1.86. The molecule has 2 aliphatic heterocycles. The molecule has 2 heterocycles. The summed E-state index contributed by atoms with van der Waals surface area (Å²) in [6.45, 7) is 1.44. The van der Waals surface area contributed by atoms with Gasteiger partial charge in [0.2, 0.25) is 0 Å². The first-order valence-corrected chi connectivity index (χ1v) is 3.98. The van der Waals surface area contributed by atoms with Gasteiger partial charge in [-0.3, -0.25) is 4.79 Å². The number of carbonyl (C=O) groups is 1. The molecule has 4 heteroatoms. The maximum absolute atomic E-state index is 11.3. The number of hydrogen-bond acceptors (Lipinski definition) is 3. The molecular weight excluding hydrogens is 158 g/mol. The van der Waals surface area contributed by atoms with Gasteiger partial charge in [0.05, 0.1) is 12.1 Å². The Kier molecular flexibility index (Phi) is 1.35. The van der Waals surface area contributed by atoms with Crippen LogP contribution in [0, 0.1) is 0 Å². The number of hydrogen-bond donors (Lipinski definition) is 2. The van der Waals surface area contributed by atoms with E-state index < -0.39 is 17.6 Å². The highest BCUT2D eigenvalue weighted by Gasteiger charge is 2.62. The fourth-order valence-electron chi connectivity index (χ4n) is 1.86. The van der Waals surface area contributed by atoms with Gasteiger partial charge in [-0.25, -0.2) is 0 Å². The van der Waals surface area contributed by atoms with Gasteiger partial charge in [0.15, 0.2) is 5.60 Å². The van der Waals surface area contributed by atoms with E-state index in [4.69, 9.17) is 0 Å². The first kappa shape index (κ1) is 7.76. The highest BCUT2D eigenvalue weighted by molar-refractivity contribution is 5.95. The lowest BCUT2D eigenvalue weighted by Gasteiger charge is -2.50. The van der Waals surface area contributed by atoms with E-state index in [1.165, 1.54) is 11.8 Å². The van der Waals surface area contributed by atoms with E-state index in [-0.39, 0.29) is 6.04 Å². The molecule has 66 valence electrons. The quantitative estimate of drug-likeness (QED) is 0.506. The van der Waals surface area contributed by atoms with Crippen LogP contribution in [0.25, 0.3) is 0 Å². The Hall–Kier alpha value is -0.870. The van der Waals surface area contributed by atoms with E-state index >= 15 is 0 Å². The molecular formula is C8H11NO3. The molecule has 0 spiro atoms. The van der Waals surface area contributed by atoms with Gasteiger partial charge in [0.1, 0.15) is 0 Å². The Labute approximate surface area is 70.1 Å². The SMILES string of the molecule is CC(O)C1(O)C(=O)N2C=CC[C@@H]21. The van der Waals surface area contributed by atoms with Crippen LogP contribution in [0.1, 0.15) is 13.3 Å². The highest BCUT2D eigenvalue weighted by Crippen LogP contribution is 2.39. The second-order valence-electron chi connectivity index (χ2n) is 3.35. The summed E-state index contributed by atoms with van der Waals surface area (Å²) < 4.78 is 0. The number of nitrogens with zero attached hydrogens (tertiary/aromatic N) is 1. The minimum absolute atomic E-state index is 0.245. The van der Waals surface area contributed by atoms with Crippen molar-refractivity contribution in [2.75, 3.05) is 0 Å². The average Bonchev–Trinajstić information content (AvgIpc) is 2.47. The van der Waals surface area contributed by atoms with E-state index in [2.05, 4.69) is 0 Å². The molecule has 0 aromatic rings. The van der Waals surface area contributed by atoms with Crippen molar-refractivity contribution >= 4 is 5.91 Å². The van der Waals surface area contributed by atoms with E-state index in [9.17, 15) is 15.0 Å². The van der Waals surface area contributed by atoms with Crippen molar-refractivity contribution in [1.82, 2.24) is 4.90 Å². The lowest BCUT2D eigenvalue weighted by Crippen LogP contribution is -2.74. The summed E-state index contributed by atoms with van der Waals surface area (Å²) in [7, 11) is 0. The smallest absolute Gasteiger partial charge is 0.263 e. The van der Waals surface area contributed by atoms with E-state index in [0.717, 1.165) is 0 Å². The molecule has 1 amide bonds. The fraction of sp³-hybridized carbons (Fsp3) is 0.625. The number of aliphatic hydroxyl groups is 2. The molecule has 2 N–H and O–H groups in total. The lowest BCUT2D eigenvalue weighted by atomic mass is 9.78. The van der Waals surface area contributed by atoms with Crippen molar-refractivity contribution in [3.05, 3.63) is 12.3 Å². The molecule has 0 radical (unpaired) electrons. The molecule has 0 aliphatic carbocycles. The summed E-state index contributed by atoms with van der Waals surface area (Å²) >= 11 is 0. The zero-order valence-corrected chi connectivity index (χ0v) is 6.77. The van der Waals surface area contributed by atoms with Gasteiger partial charge >= 0.3 is 0 Å². The number of aliphatic hydroxyl groups excluding tert-OH is 1. The number of amides is 1. The van der Waals surface area contributed by atoms with Gasteiger partial charge in [-0.1, -0.05) is 6.08 Å². The van der Waals surface area contributed by atoms with Gasteiger partial charge in [-0.15, -0.1) is 0 Å². The van der Waals surface area contributed by atoms with Gasteiger partial charge in [0, 0.05) is 6.20 Å². The van der Waals surface area contributed by atoms with Gasteiger partial charge < -0.3 is 15.1 Å². The molecule has 1 fully saturated rings. The Balaban J connectivity index is 2.26. The second kappa shape index (κ2) is 2.08. The number of β-lactam (4-membered cyclic amide) rings is 1. The summed E-state index contributed by atoms with van der Waals surface area (Å²) in [5.74, 6) is -0.392. The number of fused-ring (bicyclic) bond motifs is 1. The van der Waals surface area contributed by atoms with Crippen molar-refractivity contribution in [3.8, 4) is 0 Å². The van der Waals surface area contributed by atoms with Crippen LogP contribution in [-0.2, 0) is 4.79 Å². The van der Waals surface area contributed by atoms with Gasteiger partial charge in [-0.2, -0.15) is 0 Å². The van der Waals surface area contributed by atoms with Crippen molar-refractivity contribution in [2.45, 2.75) is 31.1 Å². The molecule has 2 rings (SSSR count).